The smallest absolute Gasteiger partial charge is 0.319 e. The van der Waals surface area contributed by atoms with Crippen LogP contribution in [0.3, 0.4) is 0 Å². The van der Waals surface area contributed by atoms with Gasteiger partial charge in [-0.15, -0.1) is 0 Å². The van der Waals surface area contributed by atoms with Gasteiger partial charge in [0.15, 0.2) is 5.78 Å². The summed E-state index contributed by atoms with van der Waals surface area (Å²) in [4.78, 5) is 35.0. The van der Waals surface area contributed by atoms with Gasteiger partial charge in [-0.3, -0.25) is 14.9 Å². The highest BCUT2D eigenvalue weighted by Crippen LogP contribution is 2.41. The Morgan fingerprint density at radius 1 is 1.26 bits per heavy atom. The Balaban J connectivity index is 2.08. The molecule has 2 amide bonds. The molecule has 1 heterocycles. The number of non-ortho nitro benzene ring substituents is 1. The Morgan fingerprint density at radius 3 is 2.70 bits per heavy atom. The lowest BCUT2D eigenvalue weighted by molar-refractivity contribution is -0.384. The van der Waals surface area contributed by atoms with Gasteiger partial charge in [-0.05, 0) is 17.4 Å². The molecular weight excluding hydrogens is 298 g/mol. The van der Waals surface area contributed by atoms with E-state index in [9.17, 15) is 19.7 Å². The van der Waals surface area contributed by atoms with E-state index in [0.717, 1.165) is 0 Å². The topological polar surface area (TPSA) is 101 Å². The van der Waals surface area contributed by atoms with Crippen LogP contribution in [0.1, 0.15) is 38.3 Å². The van der Waals surface area contributed by atoms with Gasteiger partial charge in [0.05, 0.1) is 11.0 Å². The lowest BCUT2D eigenvalue weighted by atomic mass is 9.73. The maximum atomic E-state index is 12.6. The molecule has 0 radical (unpaired) electrons. The predicted octanol–water partition coefficient (Wildman–Crippen LogP) is 2.59. The van der Waals surface area contributed by atoms with Crippen LogP contribution in [0.2, 0.25) is 0 Å². The molecule has 1 aliphatic carbocycles. The van der Waals surface area contributed by atoms with E-state index in [1.165, 1.54) is 12.1 Å². The lowest BCUT2D eigenvalue weighted by Gasteiger charge is -2.38. The summed E-state index contributed by atoms with van der Waals surface area (Å²) in [5.41, 5.74) is 1.37. The molecule has 0 aromatic heterocycles. The monoisotopic (exact) mass is 315 g/mol. The standard InChI is InChI=1S/C16H17N3O4/c1-16(2)7-11-13(12(20)8-16)14(18-15(21)17-11)9-4-3-5-10(6-9)19(22)23/h3-6,14H,7-8H2,1-2H3,(H2,17,18,21). The highest BCUT2D eigenvalue weighted by atomic mass is 16.6. The summed E-state index contributed by atoms with van der Waals surface area (Å²) < 4.78 is 0. The van der Waals surface area contributed by atoms with Crippen molar-refractivity contribution >= 4 is 17.5 Å². The fraction of sp³-hybridized carbons (Fsp3) is 0.375. The van der Waals surface area contributed by atoms with Crippen molar-refractivity contribution in [3.05, 3.63) is 51.2 Å². The number of hydrogen-bond acceptors (Lipinski definition) is 4. The van der Waals surface area contributed by atoms with E-state index in [1.807, 2.05) is 13.8 Å². The Hall–Kier alpha value is -2.70. The van der Waals surface area contributed by atoms with Crippen molar-refractivity contribution in [2.24, 2.45) is 5.41 Å². The zero-order valence-electron chi connectivity index (χ0n) is 12.9. The van der Waals surface area contributed by atoms with Crippen molar-refractivity contribution in [3.63, 3.8) is 0 Å². The van der Waals surface area contributed by atoms with Crippen molar-refractivity contribution in [2.75, 3.05) is 0 Å². The molecule has 1 aromatic rings. The van der Waals surface area contributed by atoms with Gasteiger partial charge in [-0.25, -0.2) is 4.79 Å². The van der Waals surface area contributed by atoms with Crippen molar-refractivity contribution in [1.29, 1.82) is 0 Å². The van der Waals surface area contributed by atoms with Gasteiger partial charge in [0.1, 0.15) is 0 Å². The van der Waals surface area contributed by atoms with Crippen molar-refractivity contribution < 1.29 is 14.5 Å². The van der Waals surface area contributed by atoms with Crippen LogP contribution in [0.5, 0.6) is 0 Å². The number of carbonyl (C=O) groups is 2. The Kier molecular flexibility index (Phi) is 3.43. The number of hydrogen-bond donors (Lipinski definition) is 2. The average molecular weight is 315 g/mol. The summed E-state index contributed by atoms with van der Waals surface area (Å²) in [6.07, 6.45) is 0.974. The second kappa shape index (κ2) is 5.19. The van der Waals surface area contributed by atoms with Crippen LogP contribution in [-0.4, -0.2) is 16.7 Å². The van der Waals surface area contributed by atoms with Crippen LogP contribution in [0.4, 0.5) is 10.5 Å². The number of nitro benzene ring substituents is 1. The minimum absolute atomic E-state index is 0.0414. The predicted molar refractivity (Wildman–Crippen MR) is 82.6 cm³/mol. The highest BCUT2D eigenvalue weighted by Gasteiger charge is 2.40. The minimum Gasteiger partial charge on any atom is -0.327 e. The Labute approximate surface area is 132 Å². The number of allylic oxidation sites excluding steroid dienone is 1. The van der Waals surface area contributed by atoms with Gasteiger partial charge in [-0.2, -0.15) is 0 Å². The molecule has 1 atom stereocenters. The molecule has 0 spiro atoms. The zero-order chi connectivity index (χ0) is 16.8. The van der Waals surface area contributed by atoms with E-state index in [4.69, 9.17) is 0 Å². The average Bonchev–Trinajstić information content (AvgIpc) is 2.44. The van der Waals surface area contributed by atoms with Crippen LogP contribution >= 0.6 is 0 Å². The molecule has 0 fully saturated rings. The quantitative estimate of drug-likeness (QED) is 0.647. The van der Waals surface area contributed by atoms with E-state index in [0.29, 0.717) is 29.7 Å². The summed E-state index contributed by atoms with van der Waals surface area (Å²) >= 11 is 0. The summed E-state index contributed by atoms with van der Waals surface area (Å²) in [6.45, 7) is 3.95. The van der Waals surface area contributed by atoms with Gasteiger partial charge in [0, 0.05) is 29.8 Å². The van der Waals surface area contributed by atoms with Crippen LogP contribution < -0.4 is 10.6 Å². The number of Topliss-reactive ketones (excluding diaryl/α,β-unsaturated/α-hetero) is 1. The number of benzene rings is 1. The number of amides is 2. The Morgan fingerprint density at radius 2 is 2.00 bits per heavy atom. The molecule has 120 valence electrons. The number of carbonyl (C=O) groups excluding carboxylic acids is 2. The molecule has 0 saturated carbocycles. The summed E-state index contributed by atoms with van der Waals surface area (Å²) in [7, 11) is 0. The number of rotatable bonds is 2. The first kappa shape index (κ1) is 15.2. The third-order valence-corrected chi connectivity index (χ3v) is 4.16. The van der Waals surface area contributed by atoms with Crippen LogP contribution in [0.15, 0.2) is 35.5 Å². The molecule has 0 bridgehead atoms. The van der Waals surface area contributed by atoms with Crippen LogP contribution in [-0.2, 0) is 4.79 Å². The lowest BCUT2D eigenvalue weighted by Crippen LogP contribution is -2.48. The SMILES string of the molecule is CC1(C)CC(=O)C2=C(C1)NC(=O)NC2c1cccc([N+](=O)[O-])c1. The highest BCUT2D eigenvalue weighted by molar-refractivity contribution is 6.01. The van der Waals surface area contributed by atoms with Crippen molar-refractivity contribution in [3.8, 4) is 0 Å². The fourth-order valence-electron chi connectivity index (χ4n) is 3.23. The first-order valence-corrected chi connectivity index (χ1v) is 7.35. The first-order valence-electron chi connectivity index (χ1n) is 7.35. The van der Waals surface area contributed by atoms with E-state index in [1.54, 1.807) is 12.1 Å². The molecule has 0 saturated heterocycles. The third-order valence-electron chi connectivity index (χ3n) is 4.16. The number of nitrogens with one attached hydrogen (secondary N) is 2. The van der Waals surface area contributed by atoms with Gasteiger partial charge in [0.2, 0.25) is 0 Å². The van der Waals surface area contributed by atoms with E-state index in [2.05, 4.69) is 10.6 Å². The first-order chi connectivity index (χ1) is 10.8. The van der Waals surface area contributed by atoms with Crippen molar-refractivity contribution in [1.82, 2.24) is 10.6 Å². The fourth-order valence-corrected chi connectivity index (χ4v) is 3.23. The molecule has 3 rings (SSSR count). The third kappa shape index (κ3) is 2.81. The van der Waals surface area contributed by atoms with Crippen LogP contribution in [0, 0.1) is 15.5 Å². The molecule has 2 aliphatic rings. The van der Waals surface area contributed by atoms with Gasteiger partial charge in [0.25, 0.3) is 5.69 Å². The molecule has 7 nitrogen and oxygen atoms in total. The molecule has 1 unspecified atom stereocenters. The molecule has 2 N–H and O–H groups in total. The molecule has 1 aromatic carbocycles. The number of nitrogens with zero attached hydrogens (tertiary/aromatic N) is 1. The maximum absolute atomic E-state index is 12.6. The number of urea groups is 1. The normalized spacial score (nSPS) is 23.0. The zero-order valence-corrected chi connectivity index (χ0v) is 12.9. The van der Waals surface area contributed by atoms with Crippen LogP contribution in [0.25, 0.3) is 0 Å². The largest absolute Gasteiger partial charge is 0.327 e. The Bertz CT molecular complexity index is 751. The van der Waals surface area contributed by atoms with E-state index < -0.39 is 17.0 Å². The summed E-state index contributed by atoms with van der Waals surface area (Å²) in [5, 5.41) is 16.4. The second-order valence-corrected chi connectivity index (χ2v) is 6.72. The second-order valence-electron chi connectivity index (χ2n) is 6.72. The summed E-state index contributed by atoms with van der Waals surface area (Å²) in [6, 6.07) is 4.97. The van der Waals surface area contributed by atoms with Gasteiger partial charge < -0.3 is 10.6 Å². The molecule has 1 aliphatic heterocycles. The minimum atomic E-state index is -0.651. The molecule has 7 heteroatoms. The molecular formula is C16H17N3O4. The van der Waals surface area contributed by atoms with Crippen molar-refractivity contribution in [2.45, 2.75) is 32.7 Å². The van der Waals surface area contributed by atoms with Gasteiger partial charge >= 0.3 is 6.03 Å². The molecule has 23 heavy (non-hydrogen) atoms. The van der Waals surface area contributed by atoms with E-state index >= 15 is 0 Å². The number of nitro groups is 1. The van der Waals surface area contributed by atoms with E-state index in [-0.39, 0.29) is 16.9 Å². The maximum Gasteiger partial charge on any atom is 0.319 e. The number of ketones is 1. The van der Waals surface area contributed by atoms with Gasteiger partial charge in [-0.1, -0.05) is 26.0 Å². The summed E-state index contributed by atoms with van der Waals surface area (Å²) in [5.74, 6) is -0.0414.